The summed E-state index contributed by atoms with van der Waals surface area (Å²) in [4.78, 5) is 14.6. The second kappa shape index (κ2) is 7.64. The van der Waals surface area contributed by atoms with Crippen molar-refractivity contribution in [3.63, 3.8) is 0 Å². The van der Waals surface area contributed by atoms with Gasteiger partial charge >= 0.3 is 0 Å². The number of ether oxygens (including phenoxy) is 2. The topological polar surface area (TPSA) is 84.9 Å². The molecule has 2 saturated heterocycles. The van der Waals surface area contributed by atoms with E-state index in [0.29, 0.717) is 51.3 Å². The first-order valence-corrected chi connectivity index (χ1v) is 10.5. The van der Waals surface area contributed by atoms with Crippen molar-refractivity contribution >= 4 is 15.9 Å². The van der Waals surface area contributed by atoms with Gasteiger partial charge in [-0.3, -0.25) is 4.79 Å². The third-order valence-electron chi connectivity index (χ3n) is 4.70. The van der Waals surface area contributed by atoms with Crippen molar-refractivity contribution in [2.75, 3.05) is 32.8 Å². The average Bonchev–Trinajstić information content (AvgIpc) is 3.08. The van der Waals surface area contributed by atoms with Crippen molar-refractivity contribution < 1.29 is 22.7 Å². The molecule has 0 aliphatic carbocycles. The van der Waals surface area contributed by atoms with E-state index < -0.39 is 15.8 Å². The van der Waals surface area contributed by atoms with Gasteiger partial charge in [-0.05, 0) is 24.1 Å². The zero-order chi connectivity index (χ0) is 18.8. The van der Waals surface area contributed by atoms with Crippen LogP contribution in [0.25, 0.3) is 0 Å². The van der Waals surface area contributed by atoms with Gasteiger partial charge in [0.05, 0.1) is 18.1 Å². The van der Waals surface area contributed by atoms with E-state index in [0.717, 1.165) is 0 Å². The van der Waals surface area contributed by atoms with E-state index in [9.17, 15) is 13.2 Å². The first kappa shape index (κ1) is 19.3. The van der Waals surface area contributed by atoms with Gasteiger partial charge in [-0.15, -0.1) is 0 Å². The van der Waals surface area contributed by atoms with Crippen LogP contribution < -0.4 is 4.72 Å². The Morgan fingerprint density at radius 1 is 1.23 bits per heavy atom. The Balaban J connectivity index is 1.69. The number of nitrogens with one attached hydrogen (secondary N) is 1. The molecule has 0 saturated carbocycles. The maximum atomic E-state index is 12.8. The van der Waals surface area contributed by atoms with Crippen molar-refractivity contribution in [1.82, 2.24) is 9.62 Å². The zero-order valence-corrected chi connectivity index (χ0v) is 16.0. The first-order chi connectivity index (χ1) is 12.3. The van der Waals surface area contributed by atoms with E-state index in [1.807, 2.05) is 13.8 Å². The minimum absolute atomic E-state index is 0.111. The summed E-state index contributed by atoms with van der Waals surface area (Å²) in [5.74, 6) is -0.503. The van der Waals surface area contributed by atoms with Crippen molar-refractivity contribution in [2.45, 2.75) is 37.4 Å². The van der Waals surface area contributed by atoms with Gasteiger partial charge in [0, 0.05) is 38.0 Å². The van der Waals surface area contributed by atoms with Gasteiger partial charge in [-0.2, -0.15) is 0 Å². The molecule has 1 aromatic carbocycles. The Morgan fingerprint density at radius 2 is 1.88 bits per heavy atom. The van der Waals surface area contributed by atoms with E-state index in [4.69, 9.17) is 9.47 Å². The van der Waals surface area contributed by atoms with E-state index in [1.165, 1.54) is 12.1 Å². The number of hydrogen-bond acceptors (Lipinski definition) is 5. The molecule has 1 spiro atoms. The molecule has 2 aliphatic heterocycles. The van der Waals surface area contributed by atoms with Crippen LogP contribution in [0.5, 0.6) is 0 Å². The molecule has 1 amide bonds. The molecule has 0 unspecified atom stereocenters. The van der Waals surface area contributed by atoms with Gasteiger partial charge in [-0.1, -0.05) is 19.9 Å². The number of hydrogen-bond donors (Lipinski definition) is 1. The molecule has 1 N–H and O–H groups in total. The van der Waals surface area contributed by atoms with Gasteiger partial charge in [0.1, 0.15) is 0 Å². The minimum atomic E-state index is -3.62. The monoisotopic (exact) mass is 382 g/mol. The van der Waals surface area contributed by atoms with Crippen LogP contribution in [0.1, 0.15) is 37.0 Å². The van der Waals surface area contributed by atoms with Crippen molar-refractivity contribution in [2.24, 2.45) is 5.92 Å². The van der Waals surface area contributed by atoms with Gasteiger partial charge < -0.3 is 14.4 Å². The van der Waals surface area contributed by atoms with Crippen LogP contribution in [0.2, 0.25) is 0 Å². The highest BCUT2D eigenvalue weighted by Crippen LogP contribution is 2.31. The second-order valence-corrected chi connectivity index (χ2v) is 8.94. The molecule has 3 rings (SSSR count). The molecular weight excluding hydrogens is 356 g/mol. The molecule has 7 nitrogen and oxygen atoms in total. The lowest BCUT2D eigenvalue weighted by molar-refractivity contribution is -0.181. The van der Waals surface area contributed by atoms with Crippen molar-refractivity contribution in [3.8, 4) is 0 Å². The number of carbonyl (C=O) groups is 1. The summed E-state index contributed by atoms with van der Waals surface area (Å²) in [5.41, 5.74) is 0.377. The molecule has 0 aromatic heterocycles. The Kier molecular flexibility index (Phi) is 5.67. The van der Waals surface area contributed by atoms with Crippen molar-refractivity contribution in [1.29, 1.82) is 0 Å². The fraction of sp³-hybridized carbons (Fsp3) is 0.611. The number of amides is 1. The highest BCUT2D eigenvalue weighted by Gasteiger charge is 2.40. The van der Waals surface area contributed by atoms with Crippen LogP contribution in [0.4, 0.5) is 0 Å². The van der Waals surface area contributed by atoms with Crippen LogP contribution in [0.3, 0.4) is 0 Å². The summed E-state index contributed by atoms with van der Waals surface area (Å²) in [6, 6.07) is 6.20. The standard InChI is InChI=1S/C18H26N2O5S/c1-14(2)13-19-26(22,23)16-5-3-4-15(12-16)17(21)20-8-6-18(7-9-20)24-10-11-25-18/h3-5,12,14,19H,6-11,13H2,1-2H3. The Labute approximate surface area is 154 Å². The third-order valence-corrected chi connectivity index (χ3v) is 6.12. The lowest BCUT2D eigenvalue weighted by atomic mass is 10.0. The maximum Gasteiger partial charge on any atom is 0.253 e. The van der Waals surface area contributed by atoms with Gasteiger partial charge in [-0.25, -0.2) is 13.1 Å². The molecule has 2 heterocycles. The predicted molar refractivity (Wildman–Crippen MR) is 96.2 cm³/mol. The predicted octanol–water partition coefficient (Wildman–Crippen LogP) is 1.60. The second-order valence-electron chi connectivity index (χ2n) is 7.17. The summed E-state index contributed by atoms with van der Waals surface area (Å²) in [7, 11) is -3.62. The van der Waals surface area contributed by atoms with Crippen LogP contribution in [0.15, 0.2) is 29.2 Å². The number of benzene rings is 1. The lowest BCUT2D eigenvalue weighted by Crippen LogP contribution is -2.47. The number of carbonyl (C=O) groups excluding carboxylic acids is 1. The van der Waals surface area contributed by atoms with Crippen LogP contribution in [-0.4, -0.2) is 57.9 Å². The first-order valence-electron chi connectivity index (χ1n) is 8.98. The van der Waals surface area contributed by atoms with Gasteiger partial charge in [0.15, 0.2) is 5.79 Å². The molecule has 144 valence electrons. The van der Waals surface area contributed by atoms with E-state index in [-0.39, 0.29) is 16.7 Å². The molecule has 8 heteroatoms. The number of nitrogens with zero attached hydrogens (tertiary/aromatic N) is 1. The molecule has 0 bridgehead atoms. The number of likely N-dealkylation sites (tertiary alicyclic amines) is 1. The number of rotatable bonds is 5. The maximum absolute atomic E-state index is 12.8. The fourth-order valence-electron chi connectivity index (χ4n) is 3.17. The van der Waals surface area contributed by atoms with Crippen LogP contribution in [0, 0.1) is 5.92 Å². The highest BCUT2D eigenvalue weighted by atomic mass is 32.2. The summed E-state index contributed by atoms with van der Waals surface area (Å²) < 4.78 is 38.7. The zero-order valence-electron chi connectivity index (χ0n) is 15.2. The third kappa shape index (κ3) is 4.25. The Hall–Kier alpha value is -1.48. The average molecular weight is 382 g/mol. The summed E-state index contributed by atoms with van der Waals surface area (Å²) in [6.45, 7) is 6.47. The molecule has 0 atom stereocenters. The van der Waals surface area contributed by atoms with E-state index in [2.05, 4.69) is 4.72 Å². The van der Waals surface area contributed by atoms with Crippen LogP contribution >= 0.6 is 0 Å². The largest absolute Gasteiger partial charge is 0.347 e. The van der Waals surface area contributed by atoms with Gasteiger partial charge in [0.25, 0.3) is 5.91 Å². The quantitative estimate of drug-likeness (QED) is 0.836. The normalized spacial score (nSPS) is 20.0. The minimum Gasteiger partial charge on any atom is -0.347 e. The summed E-state index contributed by atoms with van der Waals surface area (Å²) in [5, 5.41) is 0. The van der Waals surface area contributed by atoms with E-state index in [1.54, 1.807) is 17.0 Å². The molecular formula is C18H26N2O5S. The van der Waals surface area contributed by atoms with Crippen molar-refractivity contribution in [3.05, 3.63) is 29.8 Å². The molecule has 26 heavy (non-hydrogen) atoms. The fourth-order valence-corrected chi connectivity index (χ4v) is 4.43. The lowest BCUT2D eigenvalue weighted by Gasteiger charge is -2.37. The highest BCUT2D eigenvalue weighted by molar-refractivity contribution is 7.89. The summed E-state index contributed by atoms with van der Waals surface area (Å²) in [6.07, 6.45) is 1.26. The molecule has 1 aromatic rings. The summed E-state index contributed by atoms with van der Waals surface area (Å²) >= 11 is 0. The Bertz CT molecular complexity index is 747. The smallest absolute Gasteiger partial charge is 0.253 e. The number of sulfonamides is 1. The molecule has 0 radical (unpaired) electrons. The van der Waals surface area contributed by atoms with Gasteiger partial charge in [0.2, 0.25) is 10.0 Å². The van der Waals surface area contributed by atoms with E-state index >= 15 is 0 Å². The molecule has 2 aliphatic rings. The Morgan fingerprint density at radius 3 is 2.50 bits per heavy atom. The number of piperidine rings is 1. The SMILES string of the molecule is CC(C)CNS(=O)(=O)c1cccc(C(=O)N2CCC3(CC2)OCCO3)c1. The molecule has 2 fully saturated rings. The van der Waals surface area contributed by atoms with Crippen LogP contribution in [-0.2, 0) is 19.5 Å².